The Bertz CT molecular complexity index is 1270. The Hall–Kier alpha value is -2.91. The molecule has 0 bridgehead atoms. The number of rotatable bonds is 5. The van der Waals surface area contributed by atoms with Gasteiger partial charge in [0.2, 0.25) is 5.95 Å². The van der Waals surface area contributed by atoms with Crippen LogP contribution in [0.4, 0.5) is 16.2 Å². The molecule has 4 aromatic rings. The van der Waals surface area contributed by atoms with E-state index >= 15 is 0 Å². The van der Waals surface area contributed by atoms with E-state index < -0.39 is 5.82 Å². The molecular weight excluding hydrogens is 437 g/mol. The number of imidazole rings is 1. The van der Waals surface area contributed by atoms with Gasteiger partial charge in [-0.1, -0.05) is 6.07 Å². The number of hydrogen-bond acceptors (Lipinski definition) is 7. The highest BCUT2D eigenvalue weighted by molar-refractivity contribution is 7.21. The number of aryl methyl sites for hydroxylation is 1. The zero-order valence-electron chi connectivity index (χ0n) is 19.3. The number of aromatic nitrogens is 5. The van der Waals surface area contributed by atoms with E-state index in [1.165, 1.54) is 23.1 Å². The van der Waals surface area contributed by atoms with Crippen molar-refractivity contribution in [2.75, 3.05) is 25.5 Å². The van der Waals surface area contributed by atoms with Crippen LogP contribution in [0.5, 0.6) is 0 Å². The maximum absolute atomic E-state index is 14.7. The van der Waals surface area contributed by atoms with E-state index in [9.17, 15) is 4.39 Å². The Balaban J connectivity index is 1.37. The van der Waals surface area contributed by atoms with Crippen LogP contribution in [0.2, 0.25) is 0 Å². The van der Waals surface area contributed by atoms with Gasteiger partial charge in [0.05, 0.1) is 11.1 Å². The number of anilines is 2. The number of likely N-dealkylation sites (tertiary alicyclic amines) is 1. The lowest BCUT2D eigenvalue weighted by atomic mass is 9.91. The maximum atomic E-state index is 14.7. The van der Waals surface area contributed by atoms with Crippen LogP contribution >= 0.6 is 11.3 Å². The van der Waals surface area contributed by atoms with Crippen LogP contribution in [0.25, 0.3) is 20.9 Å². The van der Waals surface area contributed by atoms with Crippen molar-refractivity contribution in [3.05, 3.63) is 47.8 Å². The Labute approximate surface area is 196 Å². The first-order valence-corrected chi connectivity index (χ1v) is 12.1. The molecule has 4 aromatic heterocycles. The van der Waals surface area contributed by atoms with Gasteiger partial charge in [-0.25, -0.2) is 24.3 Å². The highest BCUT2D eigenvalue weighted by atomic mass is 32.1. The first-order chi connectivity index (χ1) is 15.9. The topological polar surface area (TPSA) is 71.8 Å². The summed E-state index contributed by atoms with van der Waals surface area (Å²) >= 11 is 1.50. The zero-order chi connectivity index (χ0) is 23.1. The summed E-state index contributed by atoms with van der Waals surface area (Å²) < 4.78 is 16.8. The van der Waals surface area contributed by atoms with Gasteiger partial charge in [0.15, 0.2) is 5.82 Å². The molecule has 0 saturated carbocycles. The molecule has 1 aliphatic rings. The predicted octanol–water partition coefficient (Wildman–Crippen LogP) is 5.53. The summed E-state index contributed by atoms with van der Waals surface area (Å²) in [5, 5.41) is 3.12. The largest absolute Gasteiger partial charge is 0.317 e. The Kier molecular flexibility index (Phi) is 5.84. The second-order valence-electron chi connectivity index (χ2n) is 8.99. The third kappa shape index (κ3) is 4.35. The van der Waals surface area contributed by atoms with Crippen molar-refractivity contribution in [1.29, 1.82) is 0 Å². The fraction of sp³-hybridized carbons (Fsp3) is 0.417. The molecule has 1 saturated heterocycles. The van der Waals surface area contributed by atoms with Crippen LogP contribution in [-0.4, -0.2) is 49.5 Å². The van der Waals surface area contributed by atoms with Crippen LogP contribution in [-0.2, 0) is 0 Å². The standard InChI is InChI=1S/C24H28FN7S/c1-14(2)32-15(3)28-19-11-20(33-23(19)32)22-18(25)13-27-24(30-22)29-21-6-5-17(12-26-21)16-7-9-31(4)10-8-16/h5-6,11-14,16H,7-10H2,1-4H3,(H,26,27,29,30). The molecule has 172 valence electrons. The van der Waals surface area contributed by atoms with Crippen molar-refractivity contribution >= 4 is 33.5 Å². The second-order valence-corrected chi connectivity index (χ2v) is 10.0. The number of halogens is 1. The van der Waals surface area contributed by atoms with Gasteiger partial charge in [0, 0.05) is 12.2 Å². The second kappa shape index (κ2) is 8.79. The number of pyridine rings is 1. The summed E-state index contributed by atoms with van der Waals surface area (Å²) in [6.07, 6.45) is 5.43. The van der Waals surface area contributed by atoms with Gasteiger partial charge in [-0.05, 0) is 77.4 Å². The molecule has 9 heteroatoms. The van der Waals surface area contributed by atoms with Gasteiger partial charge in [-0.15, -0.1) is 11.3 Å². The van der Waals surface area contributed by atoms with Crippen molar-refractivity contribution in [3.8, 4) is 10.6 Å². The molecule has 1 N–H and O–H groups in total. The molecule has 7 nitrogen and oxygen atoms in total. The lowest BCUT2D eigenvalue weighted by Crippen LogP contribution is -2.29. The monoisotopic (exact) mass is 465 g/mol. The molecule has 0 amide bonds. The summed E-state index contributed by atoms with van der Waals surface area (Å²) in [4.78, 5) is 21.9. The molecule has 0 aromatic carbocycles. The smallest absolute Gasteiger partial charge is 0.229 e. The molecule has 0 aliphatic carbocycles. The van der Waals surface area contributed by atoms with Crippen LogP contribution in [0.3, 0.4) is 0 Å². The SMILES string of the molecule is Cc1nc2cc(-c3nc(Nc4ccc(C5CCN(C)CC5)cn4)ncc3F)sc2n1C(C)C. The normalized spacial score (nSPS) is 15.6. The van der Waals surface area contributed by atoms with Gasteiger partial charge in [0.1, 0.15) is 27.7 Å². The van der Waals surface area contributed by atoms with E-state index in [0.29, 0.717) is 17.7 Å². The summed E-state index contributed by atoms with van der Waals surface area (Å²) in [7, 11) is 2.16. The number of nitrogens with one attached hydrogen (secondary N) is 1. The zero-order valence-corrected chi connectivity index (χ0v) is 20.2. The summed E-state index contributed by atoms with van der Waals surface area (Å²) in [6.45, 7) is 8.45. The van der Waals surface area contributed by atoms with Gasteiger partial charge < -0.3 is 14.8 Å². The Morgan fingerprint density at radius 2 is 1.91 bits per heavy atom. The number of piperidine rings is 1. The van der Waals surface area contributed by atoms with Crippen molar-refractivity contribution in [1.82, 2.24) is 29.4 Å². The Morgan fingerprint density at radius 1 is 1.12 bits per heavy atom. The van der Waals surface area contributed by atoms with Crippen LogP contribution in [0, 0.1) is 12.7 Å². The summed E-state index contributed by atoms with van der Waals surface area (Å²) in [5.41, 5.74) is 2.39. The average Bonchev–Trinajstić information content (AvgIpc) is 3.32. The molecule has 5 heterocycles. The van der Waals surface area contributed by atoms with Crippen molar-refractivity contribution in [3.63, 3.8) is 0 Å². The van der Waals surface area contributed by atoms with E-state index in [-0.39, 0.29) is 11.7 Å². The fourth-order valence-electron chi connectivity index (χ4n) is 4.50. The van der Waals surface area contributed by atoms with Crippen LogP contribution < -0.4 is 5.32 Å². The van der Waals surface area contributed by atoms with Crippen molar-refractivity contribution < 1.29 is 4.39 Å². The van der Waals surface area contributed by atoms with E-state index in [0.717, 1.165) is 47.0 Å². The first kappa shape index (κ1) is 21.9. The minimum Gasteiger partial charge on any atom is -0.317 e. The van der Waals surface area contributed by atoms with E-state index in [1.807, 2.05) is 25.3 Å². The minimum absolute atomic E-state index is 0.270. The highest BCUT2D eigenvalue weighted by Crippen LogP contribution is 2.36. The lowest BCUT2D eigenvalue weighted by Gasteiger charge is -2.29. The predicted molar refractivity (Wildman–Crippen MR) is 131 cm³/mol. The number of nitrogens with zero attached hydrogens (tertiary/aromatic N) is 6. The summed E-state index contributed by atoms with van der Waals surface area (Å²) in [5.74, 6) is 2.01. The number of hydrogen-bond donors (Lipinski definition) is 1. The molecule has 0 atom stereocenters. The first-order valence-electron chi connectivity index (χ1n) is 11.3. The van der Waals surface area contributed by atoms with Crippen molar-refractivity contribution in [2.45, 2.75) is 45.6 Å². The molecular formula is C24H28FN7S. The van der Waals surface area contributed by atoms with Crippen LogP contribution in [0.1, 0.15) is 50.0 Å². The minimum atomic E-state index is -0.456. The molecule has 0 unspecified atom stereocenters. The maximum Gasteiger partial charge on any atom is 0.229 e. The quantitative estimate of drug-likeness (QED) is 0.418. The molecule has 33 heavy (non-hydrogen) atoms. The third-order valence-corrected chi connectivity index (χ3v) is 7.38. The Morgan fingerprint density at radius 3 is 2.61 bits per heavy atom. The van der Waals surface area contributed by atoms with Gasteiger partial charge in [0.25, 0.3) is 0 Å². The van der Waals surface area contributed by atoms with Crippen molar-refractivity contribution in [2.24, 2.45) is 0 Å². The van der Waals surface area contributed by atoms with Gasteiger partial charge in [-0.2, -0.15) is 0 Å². The van der Waals surface area contributed by atoms with E-state index in [2.05, 4.69) is 61.7 Å². The fourth-order valence-corrected chi connectivity index (χ4v) is 5.77. The average molecular weight is 466 g/mol. The third-order valence-electron chi connectivity index (χ3n) is 6.25. The number of thiophene rings is 1. The molecule has 1 fully saturated rings. The highest BCUT2D eigenvalue weighted by Gasteiger charge is 2.20. The van der Waals surface area contributed by atoms with Gasteiger partial charge in [-0.3, -0.25) is 0 Å². The molecule has 5 rings (SSSR count). The molecule has 0 spiro atoms. The lowest BCUT2D eigenvalue weighted by molar-refractivity contribution is 0.255. The van der Waals surface area contributed by atoms with Gasteiger partial charge >= 0.3 is 0 Å². The summed E-state index contributed by atoms with van der Waals surface area (Å²) in [6, 6.07) is 6.23. The van der Waals surface area contributed by atoms with E-state index in [1.54, 1.807) is 0 Å². The van der Waals surface area contributed by atoms with E-state index in [4.69, 9.17) is 0 Å². The molecule has 1 aliphatic heterocycles. The van der Waals surface area contributed by atoms with Crippen LogP contribution in [0.15, 0.2) is 30.6 Å². The number of fused-ring (bicyclic) bond motifs is 1. The molecule has 0 radical (unpaired) electrons.